The van der Waals surface area contributed by atoms with Crippen molar-refractivity contribution in [1.29, 1.82) is 0 Å². The van der Waals surface area contributed by atoms with Gasteiger partial charge < -0.3 is 11.1 Å². The van der Waals surface area contributed by atoms with Gasteiger partial charge >= 0.3 is 0 Å². The number of hydrogen-bond acceptors (Lipinski definition) is 4. The fourth-order valence-electron chi connectivity index (χ4n) is 3.63. The fraction of sp³-hybridized carbons (Fsp3) is 0.150. The highest BCUT2D eigenvalue weighted by Crippen LogP contribution is 2.35. The first-order chi connectivity index (χ1) is 12.5. The van der Waals surface area contributed by atoms with E-state index in [4.69, 9.17) is 5.73 Å². The van der Waals surface area contributed by atoms with Crippen LogP contribution in [-0.4, -0.2) is 10.8 Å². The second-order valence-electron chi connectivity index (χ2n) is 6.43. The van der Waals surface area contributed by atoms with Crippen LogP contribution >= 0.6 is 0 Å². The molecule has 0 bridgehead atoms. The number of hydrogen-bond donors (Lipinski definition) is 2. The van der Waals surface area contributed by atoms with Gasteiger partial charge in [0.2, 0.25) is 5.91 Å². The quantitative estimate of drug-likeness (QED) is 0.544. The molecule has 6 heteroatoms. The van der Waals surface area contributed by atoms with Gasteiger partial charge in [0.1, 0.15) is 0 Å². The van der Waals surface area contributed by atoms with E-state index in [1.807, 2.05) is 12.1 Å². The summed E-state index contributed by atoms with van der Waals surface area (Å²) in [7, 11) is 0. The molecule has 0 spiro atoms. The van der Waals surface area contributed by atoms with Crippen molar-refractivity contribution in [2.24, 2.45) is 5.73 Å². The highest BCUT2D eigenvalue weighted by molar-refractivity contribution is 5.99. The molecule has 1 aliphatic rings. The minimum atomic E-state index is -0.680. The van der Waals surface area contributed by atoms with Gasteiger partial charge in [-0.2, -0.15) is 0 Å². The van der Waals surface area contributed by atoms with E-state index in [1.165, 1.54) is 28.6 Å². The van der Waals surface area contributed by atoms with Crippen LogP contribution in [0.4, 0.5) is 11.4 Å². The molecule has 1 aliphatic carbocycles. The predicted molar refractivity (Wildman–Crippen MR) is 100 cm³/mol. The van der Waals surface area contributed by atoms with Gasteiger partial charge in [0.15, 0.2) is 0 Å². The Kier molecular flexibility index (Phi) is 3.80. The lowest BCUT2D eigenvalue weighted by Gasteiger charge is -2.12. The largest absolute Gasteiger partial charge is 0.380 e. The molecule has 0 unspecified atom stereocenters. The van der Waals surface area contributed by atoms with Gasteiger partial charge in [-0.15, -0.1) is 0 Å². The van der Waals surface area contributed by atoms with Gasteiger partial charge in [0, 0.05) is 34.8 Å². The van der Waals surface area contributed by atoms with Crippen molar-refractivity contribution in [3.8, 4) is 0 Å². The molecule has 0 radical (unpaired) electrons. The number of carbonyl (C=O) groups excluding carboxylic acids is 1. The maximum absolute atomic E-state index is 11.3. The lowest BCUT2D eigenvalue weighted by atomic mass is 10.0. The number of nitrogens with one attached hydrogen (secondary N) is 1. The standard InChI is InChI=1S/C20H17N3O3/c21-20(24)14-6-7-15(18(10-14)23(25)26)11-22-17-9-8-13-5-4-12-2-1-3-16(17)19(12)13/h1-3,6-10,22H,4-5,11H2,(H2,21,24). The third-order valence-electron chi connectivity index (χ3n) is 4.91. The predicted octanol–water partition coefficient (Wildman–Crippen LogP) is 3.56. The molecule has 0 heterocycles. The Morgan fingerprint density at radius 1 is 1.12 bits per heavy atom. The summed E-state index contributed by atoms with van der Waals surface area (Å²) in [5.74, 6) is -0.680. The number of nitrogens with zero attached hydrogens (tertiary/aromatic N) is 1. The third-order valence-corrected chi connectivity index (χ3v) is 4.91. The van der Waals surface area contributed by atoms with Crippen molar-refractivity contribution in [3.63, 3.8) is 0 Å². The second-order valence-corrected chi connectivity index (χ2v) is 6.43. The first kappa shape index (κ1) is 16.1. The molecule has 0 fully saturated rings. The van der Waals surface area contributed by atoms with Crippen molar-refractivity contribution < 1.29 is 9.72 Å². The zero-order valence-electron chi connectivity index (χ0n) is 14.0. The molecule has 3 aromatic carbocycles. The van der Waals surface area contributed by atoms with Crippen LogP contribution in [0.1, 0.15) is 27.0 Å². The number of benzene rings is 3. The van der Waals surface area contributed by atoms with Gasteiger partial charge in [0.25, 0.3) is 5.69 Å². The van der Waals surface area contributed by atoms with Crippen molar-refractivity contribution in [3.05, 3.63) is 80.9 Å². The summed E-state index contributed by atoms with van der Waals surface area (Å²) < 4.78 is 0. The smallest absolute Gasteiger partial charge is 0.275 e. The number of aryl methyl sites for hydroxylation is 2. The highest BCUT2D eigenvalue weighted by atomic mass is 16.6. The minimum absolute atomic E-state index is 0.111. The Morgan fingerprint density at radius 2 is 1.88 bits per heavy atom. The summed E-state index contributed by atoms with van der Waals surface area (Å²) >= 11 is 0. The Labute approximate surface area is 149 Å². The molecule has 1 amide bonds. The van der Waals surface area contributed by atoms with Crippen LogP contribution < -0.4 is 11.1 Å². The van der Waals surface area contributed by atoms with Crippen LogP contribution in [0.25, 0.3) is 10.8 Å². The van der Waals surface area contributed by atoms with E-state index in [1.54, 1.807) is 6.07 Å². The summed E-state index contributed by atoms with van der Waals surface area (Å²) in [6.07, 6.45) is 2.10. The normalized spacial score (nSPS) is 12.3. The maximum atomic E-state index is 11.3. The molecule has 0 saturated carbocycles. The first-order valence-corrected chi connectivity index (χ1v) is 8.39. The highest BCUT2D eigenvalue weighted by Gasteiger charge is 2.18. The maximum Gasteiger partial charge on any atom is 0.275 e. The Morgan fingerprint density at radius 3 is 2.62 bits per heavy atom. The van der Waals surface area contributed by atoms with Crippen LogP contribution in [-0.2, 0) is 19.4 Å². The average molecular weight is 347 g/mol. The number of primary amides is 1. The van der Waals surface area contributed by atoms with Crippen LogP contribution in [0, 0.1) is 10.1 Å². The van der Waals surface area contributed by atoms with Gasteiger partial charge in [0.05, 0.1) is 4.92 Å². The van der Waals surface area contributed by atoms with Crippen LogP contribution in [0.2, 0.25) is 0 Å². The Balaban J connectivity index is 1.67. The molecule has 0 aromatic heterocycles. The Hall–Kier alpha value is -3.41. The zero-order chi connectivity index (χ0) is 18.3. The monoisotopic (exact) mass is 347 g/mol. The van der Waals surface area contributed by atoms with E-state index in [9.17, 15) is 14.9 Å². The van der Waals surface area contributed by atoms with Gasteiger partial charge in [-0.05, 0) is 47.6 Å². The van der Waals surface area contributed by atoms with E-state index in [0.717, 1.165) is 23.9 Å². The molecular formula is C20H17N3O3. The summed E-state index contributed by atoms with van der Waals surface area (Å²) in [5.41, 5.74) is 9.37. The number of rotatable bonds is 5. The van der Waals surface area contributed by atoms with Crippen LogP contribution in [0.15, 0.2) is 48.5 Å². The van der Waals surface area contributed by atoms with E-state index in [-0.39, 0.29) is 17.8 Å². The SMILES string of the molecule is NC(=O)c1ccc(CNc2ccc3c4c(cccc24)CC3)c([N+](=O)[O-])c1. The molecule has 3 N–H and O–H groups in total. The Bertz CT molecular complexity index is 1050. The topological polar surface area (TPSA) is 98.3 Å². The van der Waals surface area contributed by atoms with Crippen LogP contribution in [0.5, 0.6) is 0 Å². The van der Waals surface area contributed by atoms with E-state index >= 15 is 0 Å². The number of anilines is 1. The number of nitro groups is 1. The van der Waals surface area contributed by atoms with Crippen molar-refractivity contribution in [1.82, 2.24) is 0 Å². The second kappa shape index (κ2) is 6.15. The van der Waals surface area contributed by atoms with E-state index in [2.05, 4.69) is 23.5 Å². The number of nitro benzene ring substituents is 1. The van der Waals surface area contributed by atoms with Crippen molar-refractivity contribution >= 4 is 28.1 Å². The van der Waals surface area contributed by atoms with Crippen LogP contribution in [0.3, 0.4) is 0 Å². The zero-order valence-corrected chi connectivity index (χ0v) is 14.0. The molecular weight excluding hydrogens is 330 g/mol. The lowest BCUT2D eigenvalue weighted by Crippen LogP contribution is -2.12. The lowest BCUT2D eigenvalue weighted by molar-refractivity contribution is -0.385. The molecule has 3 aromatic rings. The average Bonchev–Trinajstić information content (AvgIpc) is 3.06. The molecule has 0 saturated heterocycles. The van der Waals surface area contributed by atoms with Gasteiger partial charge in [-0.3, -0.25) is 14.9 Å². The van der Waals surface area contributed by atoms with Crippen molar-refractivity contribution in [2.75, 3.05) is 5.32 Å². The molecule has 0 atom stereocenters. The molecule has 0 aliphatic heterocycles. The minimum Gasteiger partial charge on any atom is -0.380 e. The van der Waals surface area contributed by atoms with Gasteiger partial charge in [-0.1, -0.05) is 24.3 Å². The molecule has 6 nitrogen and oxygen atoms in total. The number of nitrogens with two attached hydrogens (primary N) is 1. The summed E-state index contributed by atoms with van der Waals surface area (Å²) in [6, 6.07) is 14.7. The first-order valence-electron chi connectivity index (χ1n) is 8.39. The molecule has 130 valence electrons. The van der Waals surface area contributed by atoms with E-state index < -0.39 is 10.8 Å². The summed E-state index contributed by atoms with van der Waals surface area (Å²) in [5, 5.41) is 17.1. The van der Waals surface area contributed by atoms with Gasteiger partial charge in [-0.25, -0.2) is 0 Å². The fourth-order valence-corrected chi connectivity index (χ4v) is 3.63. The third kappa shape index (κ3) is 2.65. The van der Waals surface area contributed by atoms with Crippen molar-refractivity contribution in [2.45, 2.75) is 19.4 Å². The van der Waals surface area contributed by atoms with E-state index in [0.29, 0.717) is 5.56 Å². The number of carbonyl (C=O) groups is 1. The molecule has 26 heavy (non-hydrogen) atoms. The number of amides is 1. The molecule has 4 rings (SSSR count). The summed E-state index contributed by atoms with van der Waals surface area (Å²) in [6.45, 7) is 0.286. The summed E-state index contributed by atoms with van der Waals surface area (Å²) in [4.78, 5) is 22.1.